The van der Waals surface area contributed by atoms with Crippen LogP contribution >= 0.6 is 0 Å². The van der Waals surface area contributed by atoms with Crippen molar-refractivity contribution in [3.05, 3.63) is 35.9 Å². The third-order valence-electron chi connectivity index (χ3n) is 4.52. The number of carbonyl (C=O) groups is 3. The first-order valence-electron chi connectivity index (χ1n) is 9.04. The van der Waals surface area contributed by atoms with Gasteiger partial charge in [0.1, 0.15) is 6.04 Å². The van der Waals surface area contributed by atoms with Crippen LogP contribution < -0.4 is 21.5 Å². The van der Waals surface area contributed by atoms with E-state index in [0.29, 0.717) is 12.8 Å². The Morgan fingerprint density at radius 2 is 1.63 bits per heavy atom. The molecule has 6 N–H and O–H groups in total. The summed E-state index contributed by atoms with van der Waals surface area (Å²) in [5.74, 6) is -2.91. The number of amides is 2. The number of aliphatic carboxylic acids is 1. The maximum absolute atomic E-state index is 12.5. The van der Waals surface area contributed by atoms with Gasteiger partial charge in [-0.1, -0.05) is 50.6 Å². The topological polar surface area (TPSA) is 146 Å². The van der Waals surface area contributed by atoms with Gasteiger partial charge in [-0.3, -0.25) is 9.59 Å². The lowest BCUT2D eigenvalue weighted by Crippen LogP contribution is -2.70. The van der Waals surface area contributed by atoms with Crippen molar-refractivity contribution in [3.63, 3.8) is 0 Å². The highest BCUT2D eigenvalue weighted by atomic mass is 16.4. The van der Waals surface area contributed by atoms with Crippen LogP contribution in [0.3, 0.4) is 0 Å². The molecule has 0 bridgehead atoms. The molecule has 1 aromatic carbocycles. The number of benzene rings is 1. The minimum Gasteiger partial charge on any atom is -0.548 e. The lowest BCUT2D eigenvalue weighted by atomic mass is 9.96. The second-order valence-electron chi connectivity index (χ2n) is 6.80. The van der Waals surface area contributed by atoms with Gasteiger partial charge in [0.2, 0.25) is 5.91 Å². The number of rotatable bonds is 10. The van der Waals surface area contributed by atoms with Gasteiger partial charge in [0.25, 0.3) is 5.91 Å². The number of aliphatic hydroxyl groups is 1. The fourth-order valence-electron chi connectivity index (χ4n) is 2.58. The van der Waals surface area contributed by atoms with Crippen LogP contribution in [0.4, 0.5) is 0 Å². The Balaban J connectivity index is 2.82. The molecule has 0 aliphatic rings. The van der Waals surface area contributed by atoms with Crippen molar-refractivity contribution in [2.24, 2.45) is 5.92 Å². The number of quaternary nitrogens is 1. The van der Waals surface area contributed by atoms with E-state index in [0.717, 1.165) is 5.56 Å². The lowest BCUT2D eigenvalue weighted by molar-refractivity contribution is -0.403. The molecule has 2 amide bonds. The van der Waals surface area contributed by atoms with Crippen LogP contribution in [0.1, 0.15) is 32.8 Å². The summed E-state index contributed by atoms with van der Waals surface area (Å²) in [4.78, 5) is 36.1. The van der Waals surface area contributed by atoms with E-state index in [9.17, 15) is 24.6 Å². The van der Waals surface area contributed by atoms with Gasteiger partial charge < -0.3 is 31.4 Å². The van der Waals surface area contributed by atoms with Crippen molar-refractivity contribution in [3.8, 4) is 0 Å². The molecule has 0 spiro atoms. The molecule has 0 aliphatic carbocycles. The quantitative estimate of drug-likeness (QED) is 0.371. The minimum absolute atomic E-state index is 0.241. The molecule has 0 saturated carbocycles. The zero-order valence-electron chi connectivity index (χ0n) is 16.0. The smallest absolute Gasteiger partial charge is 0.279 e. The molecule has 0 heterocycles. The molecule has 0 aromatic heterocycles. The van der Waals surface area contributed by atoms with Crippen molar-refractivity contribution in [1.82, 2.24) is 10.6 Å². The number of carbonyl (C=O) groups excluding carboxylic acids is 3. The van der Waals surface area contributed by atoms with Crippen molar-refractivity contribution in [2.75, 3.05) is 0 Å². The molecular formula is C19H29N3O5. The minimum atomic E-state index is -1.59. The fourth-order valence-corrected chi connectivity index (χ4v) is 2.58. The van der Waals surface area contributed by atoms with Crippen molar-refractivity contribution in [1.29, 1.82) is 0 Å². The van der Waals surface area contributed by atoms with E-state index in [1.165, 1.54) is 6.92 Å². The Morgan fingerprint density at radius 1 is 1.07 bits per heavy atom. The number of hydrogen-bond acceptors (Lipinski definition) is 5. The Morgan fingerprint density at radius 3 is 2.11 bits per heavy atom. The van der Waals surface area contributed by atoms with E-state index in [1.807, 2.05) is 37.3 Å². The van der Waals surface area contributed by atoms with Gasteiger partial charge in [0.15, 0.2) is 6.04 Å². The van der Waals surface area contributed by atoms with Gasteiger partial charge in [-0.15, -0.1) is 0 Å². The average Bonchev–Trinajstić information content (AvgIpc) is 2.63. The highest BCUT2D eigenvalue weighted by Crippen LogP contribution is 2.10. The van der Waals surface area contributed by atoms with Gasteiger partial charge in [-0.2, -0.15) is 0 Å². The zero-order valence-corrected chi connectivity index (χ0v) is 16.0. The first-order chi connectivity index (χ1) is 12.7. The van der Waals surface area contributed by atoms with E-state index in [1.54, 1.807) is 6.92 Å². The molecule has 1 rings (SSSR count). The molecule has 150 valence electrons. The predicted molar refractivity (Wildman–Crippen MR) is 96.8 cm³/mol. The first kappa shape index (κ1) is 22.6. The highest BCUT2D eigenvalue weighted by molar-refractivity contribution is 5.91. The maximum Gasteiger partial charge on any atom is 0.279 e. The average molecular weight is 379 g/mol. The fraction of sp³-hybridized carbons (Fsp3) is 0.526. The standard InChI is InChI=1S/C19H29N3O5/c1-4-11(2)15(18(25)22-16(12(3)23)19(26)27)21-17(24)14(20)10-13-8-6-5-7-9-13/h5-9,11-12,14-16,23H,4,10,20H2,1-3H3,(H,21,24)(H,22,25)(H,26,27). The predicted octanol–water partition coefficient (Wildman–Crippen LogP) is -2.01. The molecule has 0 aliphatic heterocycles. The first-order valence-corrected chi connectivity index (χ1v) is 9.04. The third-order valence-corrected chi connectivity index (χ3v) is 4.52. The summed E-state index contributed by atoms with van der Waals surface area (Å²) < 4.78 is 0. The van der Waals surface area contributed by atoms with Crippen molar-refractivity contribution in [2.45, 2.75) is 57.8 Å². The Kier molecular flexibility index (Phi) is 8.90. The number of hydrogen-bond donors (Lipinski definition) is 4. The lowest BCUT2D eigenvalue weighted by Gasteiger charge is -2.28. The van der Waals surface area contributed by atoms with Crippen LogP contribution in [0.5, 0.6) is 0 Å². The summed E-state index contributed by atoms with van der Waals surface area (Å²) in [5, 5.41) is 25.5. The van der Waals surface area contributed by atoms with E-state index in [4.69, 9.17) is 0 Å². The monoisotopic (exact) mass is 379 g/mol. The molecule has 8 nitrogen and oxygen atoms in total. The molecule has 8 heteroatoms. The van der Waals surface area contributed by atoms with Gasteiger partial charge >= 0.3 is 0 Å². The summed E-state index contributed by atoms with van der Waals surface area (Å²) in [6.45, 7) is 4.87. The van der Waals surface area contributed by atoms with E-state index >= 15 is 0 Å². The summed E-state index contributed by atoms with van der Waals surface area (Å²) in [6.07, 6.45) is -0.327. The van der Waals surface area contributed by atoms with Crippen molar-refractivity contribution >= 4 is 17.8 Å². The third kappa shape index (κ3) is 6.99. The molecule has 27 heavy (non-hydrogen) atoms. The summed E-state index contributed by atoms with van der Waals surface area (Å²) in [6, 6.07) is 6.27. The maximum atomic E-state index is 12.5. The van der Waals surface area contributed by atoms with E-state index < -0.39 is 42.0 Å². The van der Waals surface area contributed by atoms with Gasteiger partial charge in [0, 0.05) is 6.42 Å². The summed E-state index contributed by atoms with van der Waals surface area (Å²) in [7, 11) is 0. The number of nitrogens with one attached hydrogen (secondary N) is 2. The van der Waals surface area contributed by atoms with E-state index in [2.05, 4.69) is 16.4 Å². The van der Waals surface area contributed by atoms with Gasteiger partial charge in [-0.05, 0) is 18.4 Å². The highest BCUT2D eigenvalue weighted by Gasteiger charge is 2.31. The zero-order chi connectivity index (χ0) is 20.6. The second kappa shape index (κ2) is 10.6. The normalized spacial score (nSPS) is 16.5. The largest absolute Gasteiger partial charge is 0.548 e. The molecule has 1 aromatic rings. The Hall–Kier alpha value is -2.45. The number of carboxylic acid groups (broad SMARTS) is 1. The Bertz CT molecular complexity index is 635. The van der Waals surface area contributed by atoms with Crippen LogP contribution in [0, 0.1) is 5.92 Å². The number of aliphatic hydroxyl groups excluding tert-OH is 1. The Labute approximate surface area is 159 Å². The van der Waals surface area contributed by atoms with E-state index in [-0.39, 0.29) is 5.92 Å². The van der Waals surface area contributed by atoms with Crippen LogP contribution in [-0.4, -0.2) is 47.1 Å². The molecule has 0 fully saturated rings. The molecule has 0 radical (unpaired) electrons. The summed E-state index contributed by atoms with van der Waals surface area (Å²) >= 11 is 0. The molecular weight excluding hydrogens is 350 g/mol. The van der Waals surface area contributed by atoms with Crippen molar-refractivity contribution < 1.29 is 30.3 Å². The second-order valence-corrected chi connectivity index (χ2v) is 6.80. The van der Waals surface area contributed by atoms with Crippen LogP contribution in [-0.2, 0) is 20.8 Å². The molecule has 5 unspecified atom stereocenters. The van der Waals surface area contributed by atoms with Crippen LogP contribution in [0.15, 0.2) is 30.3 Å². The van der Waals surface area contributed by atoms with Crippen LogP contribution in [0.25, 0.3) is 0 Å². The summed E-state index contributed by atoms with van der Waals surface area (Å²) in [5.41, 5.74) is 4.81. The molecule has 5 atom stereocenters. The van der Waals surface area contributed by atoms with Crippen LogP contribution in [0.2, 0.25) is 0 Å². The number of carboxylic acids is 1. The molecule has 0 saturated heterocycles. The van der Waals surface area contributed by atoms with Gasteiger partial charge in [0.05, 0.1) is 18.1 Å². The van der Waals surface area contributed by atoms with Gasteiger partial charge in [-0.25, -0.2) is 0 Å². The SMILES string of the molecule is CCC(C)C(NC(=O)C([NH3+])Cc1ccccc1)C(=O)NC(C(=O)[O-])C(C)O.